The van der Waals surface area contributed by atoms with E-state index in [2.05, 4.69) is 39.1 Å². The van der Waals surface area contributed by atoms with Gasteiger partial charge in [0.15, 0.2) is 0 Å². The fourth-order valence-electron chi connectivity index (χ4n) is 6.08. The van der Waals surface area contributed by atoms with Crippen LogP contribution in [-0.4, -0.2) is 86.5 Å². The molecule has 0 radical (unpaired) electrons. The van der Waals surface area contributed by atoms with E-state index in [0.29, 0.717) is 30.5 Å². The number of hydrogen-bond acceptors (Lipinski definition) is 6. The molecule has 8 nitrogen and oxygen atoms in total. The van der Waals surface area contributed by atoms with E-state index in [4.69, 9.17) is 0 Å². The second kappa shape index (κ2) is 10.6. The third-order valence-electron chi connectivity index (χ3n) is 8.13. The van der Waals surface area contributed by atoms with Crippen molar-refractivity contribution < 1.29 is 14.7 Å². The molecule has 0 saturated carbocycles. The summed E-state index contributed by atoms with van der Waals surface area (Å²) < 4.78 is 0. The van der Waals surface area contributed by atoms with Gasteiger partial charge in [0.2, 0.25) is 5.91 Å². The Morgan fingerprint density at radius 3 is 2.44 bits per heavy atom. The smallest absolute Gasteiger partial charge is 0.272 e. The number of aliphatic hydroxyl groups excluding tert-OH is 1. The van der Waals surface area contributed by atoms with Crippen molar-refractivity contribution in [1.29, 1.82) is 0 Å². The fraction of sp³-hybridized carbons (Fsp3) is 0.571. The Labute approximate surface area is 213 Å². The van der Waals surface area contributed by atoms with Crippen LogP contribution in [0.2, 0.25) is 0 Å². The molecule has 192 valence electrons. The molecule has 1 N–H and O–H groups in total. The van der Waals surface area contributed by atoms with Crippen LogP contribution in [0.15, 0.2) is 30.3 Å². The topological polar surface area (TPSA) is 89.9 Å². The molecule has 3 aliphatic rings. The van der Waals surface area contributed by atoms with Crippen LogP contribution in [0.25, 0.3) is 0 Å². The number of aliphatic hydroxyl groups is 1. The van der Waals surface area contributed by atoms with Gasteiger partial charge in [-0.1, -0.05) is 24.3 Å². The molecule has 3 aliphatic heterocycles. The molecule has 36 heavy (non-hydrogen) atoms. The molecule has 0 aliphatic carbocycles. The van der Waals surface area contributed by atoms with Gasteiger partial charge in [-0.2, -0.15) is 0 Å². The van der Waals surface area contributed by atoms with E-state index in [-0.39, 0.29) is 17.9 Å². The van der Waals surface area contributed by atoms with Crippen molar-refractivity contribution in [3.8, 4) is 0 Å². The molecular weight excluding hydrogens is 454 g/mol. The van der Waals surface area contributed by atoms with Crippen molar-refractivity contribution in [2.75, 3.05) is 32.7 Å². The Hall–Kier alpha value is -2.84. The van der Waals surface area contributed by atoms with Crippen LogP contribution in [0.4, 0.5) is 0 Å². The number of benzene rings is 1. The lowest BCUT2D eigenvalue weighted by atomic mass is 9.91. The number of piperidine rings is 2. The minimum Gasteiger partial charge on any atom is -0.390 e. The number of carbonyl (C=O) groups is 2. The molecule has 0 unspecified atom stereocenters. The van der Waals surface area contributed by atoms with Crippen molar-refractivity contribution in [2.45, 2.75) is 64.6 Å². The molecule has 0 bridgehead atoms. The van der Waals surface area contributed by atoms with Crippen molar-refractivity contribution in [3.05, 3.63) is 58.7 Å². The molecule has 1 aromatic carbocycles. The van der Waals surface area contributed by atoms with Crippen LogP contribution in [0.3, 0.4) is 0 Å². The van der Waals surface area contributed by atoms with E-state index < -0.39 is 6.10 Å². The van der Waals surface area contributed by atoms with Gasteiger partial charge in [0.25, 0.3) is 5.91 Å². The molecular formula is C28H37N5O3. The lowest BCUT2D eigenvalue weighted by molar-refractivity contribution is -0.130. The summed E-state index contributed by atoms with van der Waals surface area (Å²) in [4.78, 5) is 40.0. The van der Waals surface area contributed by atoms with Crippen molar-refractivity contribution in [2.24, 2.45) is 5.92 Å². The largest absolute Gasteiger partial charge is 0.390 e. The maximum Gasteiger partial charge on any atom is 0.272 e. The first-order chi connectivity index (χ1) is 17.4. The second-order valence-electron chi connectivity index (χ2n) is 10.6. The van der Waals surface area contributed by atoms with Gasteiger partial charge in [-0.05, 0) is 62.1 Å². The number of nitrogens with zero attached hydrogens (tertiary/aromatic N) is 5. The second-order valence-corrected chi connectivity index (χ2v) is 10.6. The minimum atomic E-state index is -0.582. The van der Waals surface area contributed by atoms with Crippen LogP contribution >= 0.6 is 0 Å². The van der Waals surface area contributed by atoms with Gasteiger partial charge in [0.05, 0.1) is 6.10 Å². The number of aromatic nitrogens is 2. The highest BCUT2D eigenvalue weighted by Gasteiger charge is 2.36. The minimum absolute atomic E-state index is 0.0611. The molecule has 2 amide bonds. The number of rotatable bonds is 4. The zero-order valence-corrected chi connectivity index (χ0v) is 21.4. The first kappa shape index (κ1) is 24.8. The van der Waals surface area contributed by atoms with E-state index >= 15 is 0 Å². The first-order valence-electron chi connectivity index (χ1n) is 13.3. The normalized spacial score (nSPS) is 23.4. The Kier molecular flexibility index (Phi) is 7.34. The predicted molar refractivity (Wildman–Crippen MR) is 136 cm³/mol. The van der Waals surface area contributed by atoms with Gasteiger partial charge in [0.1, 0.15) is 11.5 Å². The summed E-state index contributed by atoms with van der Waals surface area (Å²) in [6.07, 6.45) is 3.86. The summed E-state index contributed by atoms with van der Waals surface area (Å²) in [5.41, 5.74) is 4.03. The van der Waals surface area contributed by atoms with Crippen LogP contribution in [0.1, 0.15) is 59.3 Å². The van der Waals surface area contributed by atoms with Gasteiger partial charge < -0.3 is 14.9 Å². The average Bonchev–Trinajstić information content (AvgIpc) is 2.88. The van der Waals surface area contributed by atoms with E-state index in [9.17, 15) is 14.7 Å². The average molecular weight is 492 g/mol. The van der Waals surface area contributed by atoms with Crippen LogP contribution in [0.5, 0.6) is 0 Å². The molecule has 2 saturated heterocycles. The van der Waals surface area contributed by atoms with Gasteiger partial charge >= 0.3 is 0 Å². The van der Waals surface area contributed by atoms with E-state index in [1.54, 1.807) is 11.8 Å². The number of fused-ring (bicyclic) bond motifs is 1. The highest BCUT2D eigenvalue weighted by Crippen LogP contribution is 2.26. The van der Waals surface area contributed by atoms with E-state index in [1.165, 1.54) is 11.1 Å². The standard InChI is InChI=1S/C28H37N5O3/c1-19-29-24(15-21-7-11-31(12-8-21)20(2)34)16-25(30-19)28(36)33-14-10-26(27(35)18-33)32-13-9-22-5-3-4-6-23(22)17-32/h3-6,16,21,26-27,35H,7-15,17-18H2,1-2H3/t26-,27-/m1/s1. The highest BCUT2D eigenvalue weighted by atomic mass is 16.3. The Balaban J connectivity index is 1.20. The van der Waals surface area contributed by atoms with Crippen molar-refractivity contribution in [3.63, 3.8) is 0 Å². The molecule has 5 rings (SSSR count). The predicted octanol–water partition coefficient (Wildman–Crippen LogP) is 2.22. The van der Waals surface area contributed by atoms with E-state index in [0.717, 1.165) is 64.0 Å². The Bertz CT molecular complexity index is 1110. The summed E-state index contributed by atoms with van der Waals surface area (Å²) in [7, 11) is 0. The zero-order chi connectivity index (χ0) is 25.2. The number of carbonyl (C=O) groups excluding carboxylic acids is 2. The number of β-amino-alcohol motifs (C(OH)–C–C–N with tert-alkyl or cyclic N) is 1. The summed E-state index contributed by atoms with van der Waals surface area (Å²) >= 11 is 0. The summed E-state index contributed by atoms with van der Waals surface area (Å²) in [6.45, 7) is 7.74. The lowest BCUT2D eigenvalue weighted by Gasteiger charge is -2.43. The third-order valence-corrected chi connectivity index (χ3v) is 8.13. The first-order valence-corrected chi connectivity index (χ1v) is 13.3. The summed E-state index contributed by atoms with van der Waals surface area (Å²) in [6, 6.07) is 10.4. The SMILES string of the molecule is CC(=O)N1CCC(Cc2cc(C(=O)N3CC[C@@H](N4CCc5ccccc5C4)[C@H](O)C3)nc(C)n2)CC1. The van der Waals surface area contributed by atoms with Gasteiger partial charge in [-0.15, -0.1) is 0 Å². The summed E-state index contributed by atoms with van der Waals surface area (Å²) in [5.74, 6) is 1.05. The van der Waals surface area contributed by atoms with Gasteiger partial charge in [-0.3, -0.25) is 14.5 Å². The Morgan fingerprint density at radius 2 is 1.72 bits per heavy atom. The van der Waals surface area contributed by atoms with Crippen molar-refractivity contribution >= 4 is 11.8 Å². The monoisotopic (exact) mass is 491 g/mol. The zero-order valence-electron chi connectivity index (χ0n) is 21.4. The number of hydrogen-bond donors (Lipinski definition) is 1. The van der Waals surface area contributed by atoms with Crippen LogP contribution < -0.4 is 0 Å². The van der Waals surface area contributed by atoms with E-state index in [1.807, 2.05) is 17.9 Å². The van der Waals surface area contributed by atoms with Gasteiger partial charge in [0, 0.05) is 57.9 Å². The van der Waals surface area contributed by atoms with Crippen LogP contribution in [0, 0.1) is 12.8 Å². The molecule has 1 aromatic heterocycles. The molecule has 4 heterocycles. The Morgan fingerprint density at radius 1 is 1.00 bits per heavy atom. The highest BCUT2D eigenvalue weighted by molar-refractivity contribution is 5.92. The lowest BCUT2D eigenvalue weighted by Crippen LogP contribution is -2.56. The molecule has 8 heteroatoms. The molecule has 2 fully saturated rings. The van der Waals surface area contributed by atoms with Crippen LogP contribution in [-0.2, 0) is 24.2 Å². The molecule has 2 aromatic rings. The molecule has 2 atom stereocenters. The quantitative estimate of drug-likeness (QED) is 0.706. The number of aryl methyl sites for hydroxylation is 1. The maximum atomic E-state index is 13.4. The fourth-order valence-corrected chi connectivity index (χ4v) is 6.08. The molecule has 0 spiro atoms. The number of amides is 2. The number of likely N-dealkylation sites (tertiary alicyclic amines) is 2. The van der Waals surface area contributed by atoms with Crippen molar-refractivity contribution in [1.82, 2.24) is 24.7 Å². The maximum absolute atomic E-state index is 13.4. The summed E-state index contributed by atoms with van der Waals surface area (Å²) in [5, 5.41) is 11.0. The third kappa shape index (κ3) is 5.44. The van der Waals surface area contributed by atoms with Gasteiger partial charge in [-0.25, -0.2) is 9.97 Å².